The smallest absolute Gasteiger partial charge is 0.338 e. The summed E-state index contributed by atoms with van der Waals surface area (Å²) < 4.78 is 5.20. The molecule has 0 aliphatic carbocycles. The Morgan fingerprint density at radius 2 is 1.94 bits per heavy atom. The minimum absolute atomic E-state index is 0.260. The van der Waals surface area contributed by atoms with E-state index in [1.807, 2.05) is 6.92 Å². The van der Waals surface area contributed by atoms with E-state index in [4.69, 9.17) is 33.7 Å². The minimum atomic E-state index is -0.429. The molecule has 0 amide bonds. The molecule has 18 heavy (non-hydrogen) atoms. The summed E-state index contributed by atoms with van der Waals surface area (Å²) in [5, 5.41) is 0.520. The molecular formula is C13H17Cl2NO2. The SMILES string of the molecule is CCCC(C)COC(=O)c1cc(Cl)c(N)c(Cl)c1. The number of anilines is 1. The first kappa shape index (κ1) is 15.1. The molecule has 0 heterocycles. The van der Waals surface area contributed by atoms with Gasteiger partial charge in [-0.05, 0) is 24.5 Å². The highest BCUT2D eigenvalue weighted by Gasteiger charge is 2.13. The van der Waals surface area contributed by atoms with E-state index < -0.39 is 5.97 Å². The summed E-state index contributed by atoms with van der Waals surface area (Å²) in [6.07, 6.45) is 2.09. The van der Waals surface area contributed by atoms with Crippen LogP contribution >= 0.6 is 23.2 Å². The van der Waals surface area contributed by atoms with Crippen molar-refractivity contribution >= 4 is 34.9 Å². The monoisotopic (exact) mass is 289 g/mol. The topological polar surface area (TPSA) is 52.3 Å². The molecule has 1 unspecified atom stereocenters. The van der Waals surface area contributed by atoms with Crippen LogP contribution < -0.4 is 5.73 Å². The number of esters is 1. The molecule has 5 heteroatoms. The fourth-order valence-electron chi connectivity index (χ4n) is 1.58. The first-order valence-electron chi connectivity index (χ1n) is 5.87. The molecule has 0 saturated heterocycles. The number of ether oxygens (including phenoxy) is 1. The molecule has 0 spiro atoms. The van der Waals surface area contributed by atoms with E-state index in [0.717, 1.165) is 12.8 Å². The van der Waals surface area contributed by atoms with Gasteiger partial charge in [0, 0.05) is 0 Å². The Bertz CT molecular complexity index is 412. The number of nitrogen functional groups attached to an aromatic ring is 1. The molecule has 0 saturated carbocycles. The van der Waals surface area contributed by atoms with Gasteiger partial charge in [-0.3, -0.25) is 0 Å². The van der Waals surface area contributed by atoms with Gasteiger partial charge in [-0.15, -0.1) is 0 Å². The summed E-state index contributed by atoms with van der Waals surface area (Å²) in [7, 11) is 0. The number of halogens is 2. The third-order valence-corrected chi connectivity index (χ3v) is 3.22. The molecule has 0 aliphatic heterocycles. The van der Waals surface area contributed by atoms with Gasteiger partial charge in [0.05, 0.1) is 27.9 Å². The van der Waals surface area contributed by atoms with E-state index in [0.29, 0.717) is 18.1 Å². The minimum Gasteiger partial charge on any atom is -0.462 e. The van der Waals surface area contributed by atoms with Crippen molar-refractivity contribution in [2.75, 3.05) is 12.3 Å². The average molecular weight is 290 g/mol. The van der Waals surface area contributed by atoms with Crippen LogP contribution in [0.15, 0.2) is 12.1 Å². The quantitative estimate of drug-likeness (QED) is 0.654. The molecular weight excluding hydrogens is 273 g/mol. The summed E-state index contributed by atoms with van der Waals surface area (Å²) in [5.41, 5.74) is 6.19. The van der Waals surface area contributed by atoms with E-state index in [2.05, 4.69) is 6.92 Å². The van der Waals surface area contributed by atoms with E-state index >= 15 is 0 Å². The molecule has 1 aromatic carbocycles. The molecule has 2 N–H and O–H groups in total. The Morgan fingerprint density at radius 1 is 1.39 bits per heavy atom. The second-order valence-electron chi connectivity index (χ2n) is 4.35. The number of hydrogen-bond donors (Lipinski definition) is 1. The first-order chi connectivity index (χ1) is 8.45. The van der Waals surface area contributed by atoms with Crippen LogP contribution in [0.25, 0.3) is 0 Å². The van der Waals surface area contributed by atoms with Crippen molar-refractivity contribution in [2.24, 2.45) is 5.92 Å². The number of hydrogen-bond acceptors (Lipinski definition) is 3. The van der Waals surface area contributed by atoms with E-state index in [9.17, 15) is 4.79 Å². The van der Waals surface area contributed by atoms with Gasteiger partial charge >= 0.3 is 5.97 Å². The number of nitrogens with two attached hydrogens (primary N) is 1. The van der Waals surface area contributed by atoms with Crippen LogP contribution in [0.4, 0.5) is 5.69 Å². The lowest BCUT2D eigenvalue weighted by atomic mass is 10.1. The Hall–Kier alpha value is -0.930. The molecule has 0 aliphatic rings. The van der Waals surface area contributed by atoms with Crippen molar-refractivity contribution in [3.8, 4) is 0 Å². The standard InChI is InChI=1S/C13H17Cl2NO2/c1-3-4-8(2)7-18-13(17)9-5-10(14)12(16)11(15)6-9/h5-6,8H,3-4,7,16H2,1-2H3. The molecule has 100 valence electrons. The van der Waals surface area contributed by atoms with Gasteiger partial charge in [0.1, 0.15) is 0 Å². The lowest BCUT2D eigenvalue weighted by molar-refractivity contribution is 0.0443. The second-order valence-corrected chi connectivity index (χ2v) is 5.16. The van der Waals surface area contributed by atoms with Crippen LogP contribution in [-0.2, 0) is 4.74 Å². The van der Waals surface area contributed by atoms with Gasteiger partial charge in [-0.1, -0.05) is 43.5 Å². The highest BCUT2D eigenvalue weighted by atomic mass is 35.5. The zero-order valence-corrected chi connectivity index (χ0v) is 12.0. The van der Waals surface area contributed by atoms with Crippen molar-refractivity contribution in [3.05, 3.63) is 27.7 Å². The average Bonchev–Trinajstić information content (AvgIpc) is 2.32. The molecule has 0 fully saturated rings. The van der Waals surface area contributed by atoms with Gasteiger partial charge in [0.25, 0.3) is 0 Å². The highest BCUT2D eigenvalue weighted by molar-refractivity contribution is 6.39. The maximum atomic E-state index is 11.8. The zero-order chi connectivity index (χ0) is 13.7. The zero-order valence-electron chi connectivity index (χ0n) is 10.5. The molecule has 1 atom stereocenters. The third-order valence-electron chi connectivity index (χ3n) is 2.60. The number of carbonyl (C=O) groups excluding carboxylic acids is 1. The maximum absolute atomic E-state index is 11.8. The fourth-order valence-corrected chi connectivity index (χ4v) is 2.07. The molecule has 1 rings (SSSR count). The van der Waals surface area contributed by atoms with E-state index in [1.54, 1.807) is 0 Å². The van der Waals surface area contributed by atoms with Crippen molar-refractivity contribution in [1.29, 1.82) is 0 Å². The largest absolute Gasteiger partial charge is 0.462 e. The fraction of sp³-hybridized carbons (Fsp3) is 0.462. The summed E-state index contributed by atoms with van der Waals surface area (Å²) >= 11 is 11.7. The highest BCUT2D eigenvalue weighted by Crippen LogP contribution is 2.29. The number of carbonyl (C=O) groups is 1. The van der Waals surface area contributed by atoms with Gasteiger partial charge in [-0.2, -0.15) is 0 Å². The summed E-state index contributed by atoms with van der Waals surface area (Å²) in [6.45, 7) is 4.53. The van der Waals surface area contributed by atoms with Crippen LogP contribution in [0.2, 0.25) is 10.0 Å². The Labute approximate surface area is 117 Å². The molecule has 1 aromatic rings. The van der Waals surface area contributed by atoms with Crippen LogP contribution in [0.5, 0.6) is 0 Å². The second kappa shape index (κ2) is 6.86. The Kier molecular flexibility index (Phi) is 5.76. The Morgan fingerprint density at radius 3 is 2.44 bits per heavy atom. The van der Waals surface area contributed by atoms with Gasteiger partial charge in [-0.25, -0.2) is 4.79 Å². The van der Waals surface area contributed by atoms with Gasteiger partial charge in [0.15, 0.2) is 0 Å². The van der Waals surface area contributed by atoms with E-state index in [1.165, 1.54) is 12.1 Å². The molecule has 0 bridgehead atoms. The van der Waals surface area contributed by atoms with Gasteiger partial charge in [0.2, 0.25) is 0 Å². The maximum Gasteiger partial charge on any atom is 0.338 e. The predicted octanol–water partition coefficient (Wildman–Crippen LogP) is 4.17. The van der Waals surface area contributed by atoms with Crippen LogP contribution in [0.1, 0.15) is 37.0 Å². The lowest BCUT2D eigenvalue weighted by Crippen LogP contribution is -2.12. The third kappa shape index (κ3) is 4.07. The lowest BCUT2D eigenvalue weighted by Gasteiger charge is -2.11. The van der Waals surface area contributed by atoms with E-state index in [-0.39, 0.29) is 15.7 Å². The van der Waals surface area contributed by atoms with Crippen LogP contribution in [0, 0.1) is 5.92 Å². The summed E-state index contributed by atoms with van der Waals surface area (Å²) in [5.74, 6) is -0.0829. The Balaban J connectivity index is 2.67. The predicted molar refractivity (Wildman–Crippen MR) is 75.2 cm³/mol. The normalized spacial score (nSPS) is 12.2. The molecule has 0 radical (unpaired) electrons. The number of rotatable bonds is 5. The first-order valence-corrected chi connectivity index (χ1v) is 6.63. The van der Waals surface area contributed by atoms with Crippen LogP contribution in [0.3, 0.4) is 0 Å². The number of benzene rings is 1. The summed E-state index contributed by atoms with van der Waals surface area (Å²) in [6, 6.07) is 2.94. The van der Waals surface area contributed by atoms with Crippen molar-refractivity contribution in [3.63, 3.8) is 0 Å². The van der Waals surface area contributed by atoms with Crippen molar-refractivity contribution in [2.45, 2.75) is 26.7 Å². The molecule has 3 nitrogen and oxygen atoms in total. The van der Waals surface area contributed by atoms with Gasteiger partial charge < -0.3 is 10.5 Å². The van der Waals surface area contributed by atoms with Crippen molar-refractivity contribution < 1.29 is 9.53 Å². The summed E-state index contributed by atoms with van der Waals surface area (Å²) in [4.78, 5) is 11.8. The molecule has 0 aromatic heterocycles. The van der Waals surface area contributed by atoms with Crippen LogP contribution in [-0.4, -0.2) is 12.6 Å². The van der Waals surface area contributed by atoms with Crippen molar-refractivity contribution in [1.82, 2.24) is 0 Å².